The number of hydrogen-bond donors (Lipinski definition) is 1. The zero-order valence-electron chi connectivity index (χ0n) is 14.5. The van der Waals surface area contributed by atoms with Gasteiger partial charge in [0, 0.05) is 16.1 Å². The van der Waals surface area contributed by atoms with Crippen molar-refractivity contribution >= 4 is 56.8 Å². The number of rotatable bonds is 4. The quantitative estimate of drug-likeness (QED) is 0.443. The molecule has 1 heterocycles. The number of amides is 2. The number of carbonyl (C=O) groups is 2. The number of hydrogen-bond acceptors (Lipinski definition) is 5. The molecule has 27 heavy (non-hydrogen) atoms. The normalized spacial score (nSPS) is 15.7. The van der Waals surface area contributed by atoms with Gasteiger partial charge in [-0.05, 0) is 48.6 Å². The summed E-state index contributed by atoms with van der Waals surface area (Å²) in [6.07, 6.45) is 1.47. The minimum atomic E-state index is -0.561. The van der Waals surface area contributed by atoms with Crippen LogP contribution in [0.25, 0.3) is 6.08 Å². The van der Waals surface area contributed by atoms with E-state index in [1.165, 1.54) is 18.1 Å². The monoisotopic (exact) mass is 446 g/mol. The summed E-state index contributed by atoms with van der Waals surface area (Å²) in [6, 6.07) is 12.2. The Morgan fingerprint density at radius 3 is 2.56 bits per heavy atom. The van der Waals surface area contributed by atoms with Crippen LogP contribution in [0.1, 0.15) is 5.56 Å². The molecule has 1 aliphatic rings. The van der Waals surface area contributed by atoms with Crippen LogP contribution in [0.4, 0.5) is 5.69 Å². The third kappa shape index (κ3) is 3.86. The summed E-state index contributed by atoms with van der Waals surface area (Å²) in [7, 11) is 3.05. The highest BCUT2D eigenvalue weighted by molar-refractivity contribution is 9.10. The van der Waals surface area contributed by atoms with Crippen molar-refractivity contribution in [3.63, 3.8) is 0 Å². The van der Waals surface area contributed by atoms with Gasteiger partial charge in [-0.25, -0.2) is 0 Å². The molecule has 1 saturated heterocycles. The molecule has 6 nitrogen and oxygen atoms in total. The lowest BCUT2D eigenvalue weighted by atomic mass is 10.1. The Hall–Kier alpha value is -2.71. The van der Waals surface area contributed by atoms with E-state index in [0.29, 0.717) is 22.7 Å². The standard InChI is InChI=1S/C19H15BrN2O4S/c1-25-14-7-6-11(16(10-14)26-2)8-15-17(23)21-19(27)22(18(15)24)13-5-3-4-12(20)9-13/h3-10H,1-2H3,(H,21,23,27)/b15-8+. The van der Waals surface area contributed by atoms with Crippen LogP contribution < -0.4 is 19.7 Å². The van der Waals surface area contributed by atoms with Crippen molar-refractivity contribution in [3.8, 4) is 11.5 Å². The summed E-state index contributed by atoms with van der Waals surface area (Å²) in [4.78, 5) is 26.7. The molecular weight excluding hydrogens is 432 g/mol. The van der Waals surface area contributed by atoms with Crippen LogP contribution in [-0.4, -0.2) is 31.1 Å². The van der Waals surface area contributed by atoms with Gasteiger partial charge in [-0.1, -0.05) is 22.0 Å². The minimum absolute atomic E-state index is 0.0296. The van der Waals surface area contributed by atoms with E-state index < -0.39 is 11.8 Å². The number of ether oxygens (including phenoxy) is 2. The van der Waals surface area contributed by atoms with Crippen LogP contribution in [-0.2, 0) is 9.59 Å². The topological polar surface area (TPSA) is 67.9 Å². The lowest BCUT2D eigenvalue weighted by Crippen LogP contribution is -2.54. The molecule has 2 aromatic carbocycles. The summed E-state index contributed by atoms with van der Waals surface area (Å²) in [5, 5.41) is 2.59. The van der Waals surface area contributed by atoms with Crippen molar-refractivity contribution in [1.29, 1.82) is 0 Å². The zero-order chi connectivity index (χ0) is 19.6. The molecule has 0 aliphatic carbocycles. The van der Waals surface area contributed by atoms with Crippen molar-refractivity contribution in [2.45, 2.75) is 0 Å². The fourth-order valence-electron chi connectivity index (χ4n) is 2.60. The average Bonchev–Trinajstić information content (AvgIpc) is 2.65. The van der Waals surface area contributed by atoms with Crippen LogP contribution in [0, 0.1) is 0 Å². The Morgan fingerprint density at radius 1 is 1.11 bits per heavy atom. The van der Waals surface area contributed by atoms with E-state index in [4.69, 9.17) is 21.7 Å². The number of nitrogens with zero attached hydrogens (tertiary/aromatic N) is 1. The molecule has 0 aromatic heterocycles. The predicted molar refractivity (Wildman–Crippen MR) is 110 cm³/mol. The van der Waals surface area contributed by atoms with Gasteiger partial charge in [0.05, 0.1) is 19.9 Å². The summed E-state index contributed by atoms with van der Waals surface area (Å²) in [5.74, 6) is 0.00352. The number of anilines is 1. The van der Waals surface area contributed by atoms with E-state index in [2.05, 4.69) is 21.2 Å². The largest absolute Gasteiger partial charge is 0.497 e. The van der Waals surface area contributed by atoms with Crippen LogP contribution in [0.3, 0.4) is 0 Å². The first-order chi connectivity index (χ1) is 12.9. The number of halogens is 1. The second kappa shape index (κ2) is 7.89. The molecule has 0 radical (unpaired) electrons. The molecule has 0 bridgehead atoms. The Kier molecular flexibility index (Phi) is 5.57. The highest BCUT2D eigenvalue weighted by Crippen LogP contribution is 2.29. The zero-order valence-corrected chi connectivity index (χ0v) is 16.9. The lowest BCUT2D eigenvalue weighted by molar-refractivity contribution is -0.122. The molecule has 8 heteroatoms. The predicted octanol–water partition coefficient (Wildman–Crippen LogP) is 3.30. The maximum atomic E-state index is 13.0. The van der Waals surface area contributed by atoms with E-state index >= 15 is 0 Å². The molecule has 138 valence electrons. The van der Waals surface area contributed by atoms with Crippen LogP contribution in [0.5, 0.6) is 11.5 Å². The van der Waals surface area contributed by atoms with Gasteiger partial charge in [0.1, 0.15) is 17.1 Å². The molecule has 0 saturated carbocycles. The molecule has 0 unspecified atom stereocenters. The number of carbonyl (C=O) groups excluding carboxylic acids is 2. The maximum absolute atomic E-state index is 13.0. The summed E-state index contributed by atoms with van der Waals surface area (Å²) >= 11 is 8.57. The fraction of sp³-hybridized carbons (Fsp3) is 0.105. The Balaban J connectivity index is 2.04. The van der Waals surface area contributed by atoms with Gasteiger partial charge in [-0.15, -0.1) is 0 Å². The summed E-state index contributed by atoms with van der Waals surface area (Å²) < 4.78 is 11.3. The molecule has 0 atom stereocenters. The van der Waals surface area contributed by atoms with Gasteiger partial charge >= 0.3 is 0 Å². The first kappa shape index (κ1) is 19.1. The second-order valence-electron chi connectivity index (χ2n) is 5.55. The van der Waals surface area contributed by atoms with Gasteiger partial charge in [0.2, 0.25) is 0 Å². The van der Waals surface area contributed by atoms with E-state index in [0.717, 1.165) is 4.47 Å². The van der Waals surface area contributed by atoms with Crippen LogP contribution >= 0.6 is 28.1 Å². The van der Waals surface area contributed by atoms with Crippen LogP contribution in [0.15, 0.2) is 52.5 Å². The Labute approximate surface area is 169 Å². The van der Waals surface area contributed by atoms with Crippen molar-refractivity contribution in [2.24, 2.45) is 0 Å². The third-order valence-corrected chi connectivity index (χ3v) is 4.69. The molecule has 1 aliphatic heterocycles. The van der Waals surface area contributed by atoms with Crippen molar-refractivity contribution in [3.05, 3.63) is 58.1 Å². The lowest BCUT2D eigenvalue weighted by Gasteiger charge is -2.29. The summed E-state index contributed by atoms with van der Waals surface area (Å²) in [5.41, 5.74) is 1.07. The SMILES string of the molecule is COc1ccc(/C=C2\C(=O)NC(=S)N(c3cccc(Br)c3)C2=O)c(OC)c1. The molecule has 1 fully saturated rings. The smallest absolute Gasteiger partial charge is 0.270 e. The maximum Gasteiger partial charge on any atom is 0.270 e. The van der Waals surface area contributed by atoms with E-state index in [1.54, 1.807) is 43.5 Å². The first-order valence-corrected chi connectivity index (χ1v) is 9.03. The number of methoxy groups -OCH3 is 2. The average molecular weight is 447 g/mol. The second-order valence-corrected chi connectivity index (χ2v) is 6.85. The molecule has 3 rings (SSSR count). The van der Waals surface area contributed by atoms with E-state index in [-0.39, 0.29) is 10.7 Å². The minimum Gasteiger partial charge on any atom is -0.497 e. The van der Waals surface area contributed by atoms with Crippen LogP contribution in [0.2, 0.25) is 0 Å². The molecule has 2 amide bonds. The fourth-order valence-corrected chi connectivity index (χ4v) is 3.27. The van der Waals surface area contributed by atoms with Gasteiger partial charge < -0.3 is 9.47 Å². The van der Waals surface area contributed by atoms with Crippen molar-refractivity contribution in [2.75, 3.05) is 19.1 Å². The molecular formula is C19H15BrN2O4S. The Morgan fingerprint density at radius 2 is 1.89 bits per heavy atom. The van der Waals surface area contributed by atoms with Gasteiger partial charge in [0.25, 0.3) is 11.8 Å². The number of benzene rings is 2. The van der Waals surface area contributed by atoms with Gasteiger partial charge in [0.15, 0.2) is 5.11 Å². The highest BCUT2D eigenvalue weighted by Gasteiger charge is 2.34. The molecule has 2 aromatic rings. The third-order valence-electron chi connectivity index (χ3n) is 3.91. The van der Waals surface area contributed by atoms with Crippen molar-refractivity contribution in [1.82, 2.24) is 5.32 Å². The Bertz CT molecular complexity index is 974. The first-order valence-electron chi connectivity index (χ1n) is 7.83. The molecule has 1 N–H and O–H groups in total. The number of nitrogens with one attached hydrogen (secondary N) is 1. The molecule has 0 spiro atoms. The highest BCUT2D eigenvalue weighted by atomic mass is 79.9. The van der Waals surface area contributed by atoms with Crippen molar-refractivity contribution < 1.29 is 19.1 Å². The number of thiocarbonyl (C=S) groups is 1. The summed E-state index contributed by atoms with van der Waals surface area (Å²) in [6.45, 7) is 0. The van der Waals surface area contributed by atoms with E-state index in [1.807, 2.05) is 6.07 Å². The van der Waals surface area contributed by atoms with Gasteiger partial charge in [-0.2, -0.15) is 0 Å². The van der Waals surface area contributed by atoms with E-state index in [9.17, 15) is 9.59 Å². The van der Waals surface area contributed by atoms with Gasteiger partial charge in [-0.3, -0.25) is 19.8 Å².